The highest BCUT2D eigenvalue weighted by Crippen LogP contribution is 2.14. The number of aliphatic hydroxyl groups is 1. The van der Waals surface area contributed by atoms with E-state index in [-0.39, 0.29) is 6.61 Å². The average Bonchev–Trinajstić information content (AvgIpc) is 2.34. The van der Waals surface area contributed by atoms with Crippen molar-refractivity contribution in [1.82, 2.24) is 0 Å². The van der Waals surface area contributed by atoms with Crippen molar-refractivity contribution >= 4 is 0 Å². The molecule has 0 amide bonds. The molecular weight excluding hydrogens is 208 g/mol. The van der Waals surface area contributed by atoms with Crippen molar-refractivity contribution in [2.45, 2.75) is 47.0 Å². The molecule has 0 saturated heterocycles. The first-order chi connectivity index (χ1) is 8.01. The zero-order chi connectivity index (χ0) is 13.3. The van der Waals surface area contributed by atoms with Crippen LogP contribution in [0.3, 0.4) is 0 Å². The molecule has 1 nitrogen and oxygen atoms in total. The van der Waals surface area contributed by atoms with Crippen LogP contribution in [0.4, 0.5) is 0 Å². The fourth-order valence-electron chi connectivity index (χ4n) is 1.38. The molecule has 17 heavy (non-hydrogen) atoms. The molecule has 0 spiro atoms. The lowest BCUT2D eigenvalue weighted by molar-refractivity contribution is 0.212. The van der Waals surface area contributed by atoms with Crippen molar-refractivity contribution in [3.8, 4) is 0 Å². The van der Waals surface area contributed by atoms with Crippen LogP contribution in [0.2, 0.25) is 0 Å². The molecule has 0 fully saturated rings. The van der Waals surface area contributed by atoms with E-state index in [4.69, 9.17) is 5.11 Å². The number of rotatable bonds is 8. The lowest BCUT2D eigenvalue weighted by Crippen LogP contribution is -2.09. The normalized spacial score (nSPS) is 16.2. The summed E-state index contributed by atoms with van der Waals surface area (Å²) in [6, 6.07) is 0. The molecular formula is C16H28O. The second-order valence-electron chi connectivity index (χ2n) is 4.98. The van der Waals surface area contributed by atoms with Gasteiger partial charge in [-0.1, -0.05) is 56.7 Å². The van der Waals surface area contributed by atoms with E-state index in [0.29, 0.717) is 11.8 Å². The maximum atomic E-state index is 9.04. The lowest BCUT2D eigenvalue weighted by Gasteiger charge is -2.12. The lowest BCUT2D eigenvalue weighted by atomic mass is 9.95. The third kappa shape index (κ3) is 7.98. The van der Waals surface area contributed by atoms with Crippen LogP contribution in [-0.2, 0) is 0 Å². The summed E-state index contributed by atoms with van der Waals surface area (Å²) in [4.78, 5) is 0. The second kappa shape index (κ2) is 9.23. The molecule has 0 heterocycles. The van der Waals surface area contributed by atoms with E-state index in [1.807, 2.05) is 0 Å². The van der Waals surface area contributed by atoms with Gasteiger partial charge in [-0.25, -0.2) is 0 Å². The van der Waals surface area contributed by atoms with Gasteiger partial charge in [-0.15, -0.1) is 0 Å². The first-order valence-electron chi connectivity index (χ1n) is 6.63. The number of allylic oxidation sites excluding steroid dienone is 5. The number of hydrogen-bond acceptors (Lipinski definition) is 1. The average molecular weight is 236 g/mol. The number of hydrogen-bond donors (Lipinski definition) is 1. The number of aliphatic hydroxyl groups excluding tert-OH is 1. The minimum absolute atomic E-state index is 0.246. The van der Waals surface area contributed by atoms with Crippen LogP contribution in [-0.4, -0.2) is 11.7 Å². The summed E-state index contributed by atoms with van der Waals surface area (Å²) in [6.07, 6.45) is 9.78. The predicted octanol–water partition coefficient (Wildman–Crippen LogP) is 4.50. The monoisotopic (exact) mass is 236 g/mol. The maximum absolute atomic E-state index is 9.04. The molecule has 0 aromatic carbocycles. The summed E-state index contributed by atoms with van der Waals surface area (Å²) < 4.78 is 0. The molecule has 0 bridgehead atoms. The Morgan fingerprint density at radius 1 is 1.35 bits per heavy atom. The van der Waals surface area contributed by atoms with Crippen LogP contribution < -0.4 is 0 Å². The van der Waals surface area contributed by atoms with Crippen molar-refractivity contribution in [2.75, 3.05) is 6.61 Å². The molecule has 0 saturated carbocycles. The third-order valence-corrected chi connectivity index (χ3v) is 3.34. The van der Waals surface area contributed by atoms with Crippen molar-refractivity contribution < 1.29 is 5.11 Å². The Morgan fingerprint density at radius 2 is 2.00 bits per heavy atom. The van der Waals surface area contributed by atoms with Crippen molar-refractivity contribution in [2.24, 2.45) is 11.8 Å². The van der Waals surface area contributed by atoms with E-state index in [2.05, 4.69) is 52.5 Å². The highest BCUT2D eigenvalue weighted by atomic mass is 16.3. The van der Waals surface area contributed by atoms with Gasteiger partial charge in [0.25, 0.3) is 0 Å². The molecule has 0 unspecified atom stereocenters. The van der Waals surface area contributed by atoms with Crippen LogP contribution >= 0.6 is 0 Å². The Hall–Kier alpha value is -0.820. The Labute approximate surface area is 107 Å². The first-order valence-corrected chi connectivity index (χ1v) is 6.63. The minimum Gasteiger partial charge on any atom is -0.396 e. The Balaban J connectivity index is 3.98. The minimum atomic E-state index is 0.246. The molecule has 98 valence electrons. The standard InChI is InChI=1S/C16H28O/c1-6-13(2)8-7-9-14(3)10-11-15(4)16(5)12-17/h8,10-11,15-17H,3,6-7,9,12H2,1-2,4-5H3/b11-10+,13-8-/t15-,16+/m1/s1. The first kappa shape index (κ1) is 16.2. The van der Waals surface area contributed by atoms with E-state index in [1.54, 1.807) is 0 Å². The van der Waals surface area contributed by atoms with Crippen LogP contribution in [0.1, 0.15) is 47.0 Å². The van der Waals surface area contributed by atoms with Gasteiger partial charge >= 0.3 is 0 Å². The largest absolute Gasteiger partial charge is 0.396 e. The fourth-order valence-corrected chi connectivity index (χ4v) is 1.38. The molecule has 0 radical (unpaired) electrons. The smallest absolute Gasteiger partial charge is 0.0462 e. The zero-order valence-corrected chi connectivity index (χ0v) is 11.9. The molecule has 0 rings (SSSR count). The highest BCUT2D eigenvalue weighted by Gasteiger charge is 2.06. The summed E-state index contributed by atoms with van der Waals surface area (Å²) in [5.74, 6) is 0.728. The Bertz CT molecular complexity index is 273. The molecule has 0 aliphatic carbocycles. The Kier molecular flexibility index (Phi) is 8.79. The summed E-state index contributed by atoms with van der Waals surface area (Å²) in [6.45, 7) is 12.8. The topological polar surface area (TPSA) is 20.2 Å². The van der Waals surface area contributed by atoms with E-state index in [0.717, 1.165) is 19.3 Å². The molecule has 0 aliphatic rings. The summed E-state index contributed by atoms with van der Waals surface area (Å²) in [5, 5.41) is 9.04. The van der Waals surface area contributed by atoms with E-state index in [1.165, 1.54) is 11.1 Å². The third-order valence-electron chi connectivity index (χ3n) is 3.34. The van der Waals surface area contributed by atoms with Crippen LogP contribution in [0.15, 0.2) is 36.0 Å². The quantitative estimate of drug-likeness (QED) is 0.486. The maximum Gasteiger partial charge on any atom is 0.0462 e. The molecule has 0 aromatic heterocycles. The zero-order valence-electron chi connectivity index (χ0n) is 11.9. The summed E-state index contributed by atoms with van der Waals surface area (Å²) in [7, 11) is 0. The van der Waals surface area contributed by atoms with Crippen LogP contribution in [0.5, 0.6) is 0 Å². The second-order valence-corrected chi connectivity index (χ2v) is 4.98. The van der Waals surface area contributed by atoms with E-state index in [9.17, 15) is 0 Å². The summed E-state index contributed by atoms with van der Waals surface area (Å²) in [5.41, 5.74) is 2.62. The van der Waals surface area contributed by atoms with Crippen molar-refractivity contribution in [1.29, 1.82) is 0 Å². The predicted molar refractivity (Wildman–Crippen MR) is 77.0 cm³/mol. The van der Waals surface area contributed by atoms with Gasteiger partial charge in [0, 0.05) is 6.61 Å². The van der Waals surface area contributed by atoms with Gasteiger partial charge < -0.3 is 5.11 Å². The molecule has 0 aliphatic heterocycles. The molecule has 1 heteroatoms. The molecule has 1 N–H and O–H groups in total. The van der Waals surface area contributed by atoms with Gasteiger partial charge in [0.1, 0.15) is 0 Å². The van der Waals surface area contributed by atoms with E-state index >= 15 is 0 Å². The van der Waals surface area contributed by atoms with Crippen molar-refractivity contribution in [3.05, 3.63) is 36.0 Å². The molecule has 2 atom stereocenters. The van der Waals surface area contributed by atoms with Crippen molar-refractivity contribution in [3.63, 3.8) is 0 Å². The Morgan fingerprint density at radius 3 is 2.53 bits per heavy atom. The fraction of sp³-hybridized carbons (Fsp3) is 0.625. The van der Waals surface area contributed by atoms with Crippen LogP contribution in [0, 0.1) is 11.8 Å². The van der Waals surface area contributed by atoms with Gasteiger partial charge in [0.2, 0.25) is 0 Å². The highest BCUT2D eigenvalue weighted by molar-refractivity contribution is 5.16. The van der Waals surface area contributed by atoms with E-state index < -0.39 is 0 Å². The molecule has 0 aromatic rings. The SMILES string of the molecule is C=C(/C=C/[C@@H](C)[C@@H](C)CO)CC/C=C(/C)CC. The summed E-state index contributed by atoms with van der Waals surface area (Å²) >= 11 is 0. The van der Waals surface area contributed by atoms with Gasteiger partial charge in [-0.3, -0.25) is 0 Å². The van der Waals surface area contributed by atoms with Gasteiger partial charge in [0.05, 0.1) is 0 Å². The van der Waals surface area contributed by atoms with Gasteiger partial charge in [0.15, 0.2) is 0 Å². The van der Waals surface area contributed by atoms with Gasteiger partial charge in [-0.05, 0) is 38.0 Å². The van der Waals surface area contributed by atoms with Gasteiger partial charge in [-0.2, -0.15) is 0 Å². The van der Waals surface area contributed by atoms with Crippen LogP contribution in [0.25, 0.3) is 0 Å².